The molecule has 0 amide bonds. The normalized spacial score (nSPS) is 19.8. The van der Waals surface area contributed by atoms with E-state index >= 15 is 0 Å². The van der Waals surface area contributed by atoms with E-state index in [0.717, 1.165) is 26.2 Å². The van der Waals surface area contributed by atoms with Crippen molar-refractivity contribution in [1.82, 2.24) is 10.2 Å². The maximum atomic E-state index is 5.21. The topological polar surface area (TPSA) is 24.5 Å². The van der Waals surface area contributed by atoms with Crippen LogP contribution < -0.4 is 5.32 Å². The van der Waals surface area contributed by atoms with Crippen LogP contribution in [-0.4, -0.2) is 44.3 Å². The van der Waals surface area contributed by atoms with Gasteiger partial charge >= 0.3 is 0 Å². The Labute approximate surface area is 122 Å². The molecule has 1 N–H and O–H groups in total. The predicted molar refractivity (Wildman–Crippen MR) is 80.2 cm³/mol. The van der Waals surface area contributed by atoms with Crippen LogP contribution in [0.1, 0.15) is 17.7 Å². The summed E-state index contributed by atoms with van der Waals surface area (Å²) in [6.07, 6.45) is 2.62. The number of nitrogens with zero attached hydrogens (tertiary/aromatic N) is 1. The molecule has 3 nitrogen and oxygen atoms in total. The summed E-state index contributed by atoms with van der Waals surface area (Å²) in [6.45, 7) is 5.13. The molecule has 1 atom stereocenters. The molecule has 0 aromatic carbocycles. The molecule has 1 unspecified atom stereocenters. The Morgan fingerprint density at radius 3 is 3.06 bits per heavy atom. The van der Waals surface area contributed by atoms with Crippen molar-refractivity contribution in [2.45, 2.75) is 25.4 Å². The average Bonchev–Trinajstić information content (AvgIpc) is 2.98. The highest BCUT2D eigenvalue weighted by atomic mass is 79.9. The number of ether oxygens (including phenoxy) is 1. The van der Waals surface area contributed by atoms with Gasteiger partial charge in [-0.3, -0.25) is 4.90 Å². The number of nitrogens with one attached hydrogen (secondary N) is 1. The lowest BCUT2D eigenvalue weighted by atomic mass is 10.2. The number of thiophene rings is 1. The van der Waals surface area contributed by atoms with Crippen molar-refractivity contribution in [2.75, 3.05) is 33.4 Å². The largest absolute Gasteiger partial charge is 0.383 e. The SMILES string of the molecule is COCCN(Cc1ccc(Br)s1)CC1CCCN1. The van der Waals surface area contributed by atoms with Gasteiger partial charge in [-0.25, -0.2) is 0 Å². The van der Waals surface area contributed by atoms with Crippen LogP contribution in [0.15, 0.2) is 15.9 Å². The molecule has 0 saturated carbocycles. The molecular weight excluding hydrogens is 312 g/mol. The van der Waals surface area contributed by atoms with Crippen molar-refractivity contribution in [3.8, 4) is 0 Å². The minimum absolute atomic E-state index is 0.658. The lowest BCUT2D eigenvalue weighted by molar-refractivity contribution is 0.139. The van der Waals surface area contributed by atoms with Gasteiger partial charge in [0.1, 0.15) is 0 Å². The molecule has 0 bridgehead atoms. The van der Waals surface area contributed by atoms with Crippen LogP contribution in [-0.2, 0) is 11.3 Å². The number of hydrogen-bond donors (Lipinski definition) is 1. The number of methoxy groups -OCH3 is 1. The molecule has 2 heterocycles. The quantitative estimate of drug-likeness (QED) is 0.830. The second-order valence-corrected chi connectivity index (χ2v) is 7.27. The van der Waals surface area contributed by atoms with Crippen LogP contribution in [0.3, 0.4) is 0 Å². The summed E-state index contributed by atoms with van der Waals surface area (Å²) in [5, 5.41) is 3.57. The van der Waals surface area contributed by atoms with Gasteiger partial charge in [-0.2, -0.15) is 0 Å². The van der Waals surface area contributed by atoms with Crippen molar-refractivity contribution >= 4 is 27.3 Å². The summed E-state index contributed by atoms with van der Waals surface area (Å²) in [5.74, 6) is 0. The molecule has 1 fully saturated rings. The fourth-order valence-electron chi connectivity index (χ4n) is 2.34. The zero-order valence-corrected chi connectivity index (χ0v) is 13.2. The van der Waals surface area contributed by atoms with Crippen molar-refractivity contribution in [3.05, 3.63) is 20.8 Å². The zero-order chi connectivity index (χ0) is 12.8. The third-order valence-electron chi connectivity index (χ3n) is 3.26. The minimum atomic E-state index is 0.658. The third-order valence-corrected chi connectivity index (χ3v) is 4.87. The molecule has 0 spiro atoms. The first-order valence-corrected chi connectivity index (χ1v) is 8.08. The predicted octanol–water partition coefficient (Wildman–Crippen LogP) is 2.71. The lowest BCUT2D eigenvalue weighted by Gasteiger charge is -2.24. The molecule has 1 saturated heterocycles. The van der Waals surface area contributed by atoms with Gasteiger partial charge in [-0.1, -0.05) is 0 Å². The Balaban J connectivity index is 1.86. The first kappa shape index (κ1) is 14.5. The van der Waals surface area contributed by atoms with Crippen LogP contribution in [0.2, 0.25) is 0 Å². The summed E-state index contributed by atoms with van der Waals surface area (Å²) in [7, 11) is 1.77. The highest BCUT2D eigenvalue weighted by Gasteiger charge is 2.18. The van der Waals surface area contributed by atoms with Crippen LogP contribution in [0.5, 0.6) is 0 Å². The Morgan fingerprint density at radius 2 is 2.44 bits per heavy atom. The Morgan fingerprint density at radius 1 is 1.56 bits per heavy atom. The lowest BCUT2D eigenvalue weighted by Crippen LogP contribution is -2.38. The first-order valence-electron chi connectivity index (χ1n) is 6.47. The minimum Gasteiger partial charge on any atom is -0.383 e. The highest BCUT2D eigenvalue weighted by molar-refractivity contribution is 9.11. The monoisotopic (exact) mass is 332 g/mol. The van der Waals surface area contributed by atoms with Gasteiger partial charge in [0.15, 0.2) is 0 Å². The number of rotatable bonds is 7. The molecule has 5 heteroatoms. The van der Waals surface area contributed by atoms with Crippen LogP contribution >= 0.6 is 27.3 Å². The second kappa shape index (κ2) is 7.60. The molecule has 18 heavy (non-hydrogen) atoms. The zero-order valence-electron chi connectivity index (χ0n) is 10.8. The summed E-state index contributed by atoms with van der Waals surface area (Å²) in [4.78, 5) is 3.90. The molecule has 1 aliphatic heterocycles. The van der Waals surface area contributed by atoms with E-state index in [1.807, 2.05) is 11.3 Å². The van der Waals surface area contributed by atoms with Crippen LogP contribution in [0.4, 0.5) is 0 Å². The fourth-order valence-corrected chi connectivity index (χ4v) is 3.86. The van der Waals surface area contributed by atoms with Gasteiger partial charge in [-0.05, 0) is 47.4 Å². The molecule has 0 radical (unpaired) electrons. The van der Waals surface area contributed by atoms with E-state index in [0.29, 0.717) is 6.04 Å². The van der Waals surface area contributed by atoms with E-state index < -0.39 is 0 Å². The van der Waals surface area contributed by atoms with E-state index in [4.69, 9.17) is 4.74 Å². The smallest absolute Gasteiger partial charge is 0.0701 e. The van der Waals surface area contributed by atoms with Crippen molar-refractivity contribution < 1.29 is 4.74 Å². The third kappa shape index (κ3) is 4.63. The summed E-state index contributed by atoms with van der Waals surface area (Å²) >= 11 is 5.35. The maximum absolute atomic E-state index is 5.21. The Hall–Kier alpha value is 0.0600. The molecule has 1 aliphatic rings. The van der Waals surface area contributed by atoms with E-state index in [2.05, 4.69) is 38.3 Å². The average molecular weight is 333 g/mol. The van der Waals surface area contributed by atoms with E-state index in [-0.39, 0.29) is 0 Å². The summed E-state index contributed by atoms with van der Waals surface area (Å²) < 4.78 is 6.42. The van der Waals surface area contributed by atoms with E-state index in [1.54, 1.807) is 7.11 Å². The van der Waals surface area contributed by atoms with Gasteiger partial charge < -0.3 is 10.1 Å². The highest BCUT2D eigenvalue weighted by Crippen LogP contribution is 2.23. The molecule has 2 rings (SSSR count). The van der Waals surface area contributed by atoms with Gasteiger partial charge in [0.25, 0.3) is 0 Å². The maximum Gasteiger partial charge on any atom is 0.0701 e. The standard InChI is InChI=1S/C13H21BrN2OS/c1-17-8-7-16(9-11-3-2-6-15-11)10-12-4-5-13(14)18-12/h4-5,11,15H,2-3,6-10H2,1H3. The van der Waals surface area contributed by atoms with E-state index in [9.17, 15) is 0 Å². The summed E-state index contributed by atoms with van der Waals surface area (Å²) in [5.41, 5.74) is 0. The Bertz CT molecular complexity index is 353. The molecular formula is C13H21BrN2OS. The molecule has 0 aliphatic carbocycles. The molecule has 1 aromatic heterocycles. The Kier molecular flexibility index (Phi) is 6.11. The fraction of sp³-hybridized carbons (Fsp3) is 0.692. The van der Waals surface area contributed by atoms with Crippen molar-refractivity contribution in [3.63, 3.8) is 0 Å². The van der Waals surface area contributed by atoms with Gasteiger partial charge in [0.2, 0.25) is 0 Å². The van der Waals surface area contributed by atoms with Gasteiger partial charge in [0, 0.05) is 37.7 Å². The van der Waals surface area contributed by atoms with Gasteiger partial charge in [-0.15, -0.1) is 11.3 Å². The number of halogens is 1. The molecule has 102 valence electrons. The van der Waals surface area contributed by atoms with Gasteiger partial charge in [0.05, 0.1) is 10.4 Å². The van der Waals surface area contributed by atoms with Crippen molar-refractivity contribution in [2.24, 2.45) is 0 Å². The number of hydrogen-bond acceptors (Lipinski definition) is 4. The van der Waals surface area contributed by atoms with Crippen LogP contribution in [0.25, 0.3) is 0 Å². The summed E-state index contributed by atoms with van der Waals surface area (Å²) in [6, 6.07) is 4.99. The van der Waals surface area contributed by atoms with Crippen molar-refractivity contribution in [1.29, 1.82) is 0 Å². The molecule has 1 aromatic rings. The van der Waals surface area contributed by atoms with Crippen LogP contribution in [0, 0.1) is 0 Å². The second-order valence-electron chi connectivity index (χ2n) is 4.73. The van der Waals surface area contributed by atoms with E-state index in [1.165, 1.54) is 28.0 Å². The first-order chi connectivity index (χ1) is 8.78.